The van der Waals surface area contributed by atoms with E-state index < -0.39 is 0 Å². The van der Waals surface area contributed by atoms with Crippen LogP contribution in [0.5, 0.6) is 0 Å². The Bertz CT molecular complexity index is 1070. The summed E-state index contributed by atoms with van der Waals surface area (Å²) in [4.78, 5) is 19.7. The SMILES string of the molecule is O=C(NCCc1ccc(F)cc1)c1ccc(-c2ccnc3[nH]ccc23)cc1. The first-order valence-corrected chi connectivity index (χ1v) is 8.76. The van der Waals surface area contributed by atoms with E-state index >= 15 is 0 Å². The molecule has 0 unspecified atom stereocenters. The number of hydrogen-bond donors (Lipinski definition) is 2. The van der Waals surface area contributed by atoms with E-state index in [1.54, 1.807) is 18.3 Å². The van der Waals surface area contributed by atoms with Gasteiger partial charge >= 0.3 is 0 Å². The van der Waals surface area contributed by atoms with Crippen molar-refractivity contribution >= 4 is 16.9 Å². The first kappa shape index (κ1) is 17.0. The Morgan fingerprint density at radius 2 is 1.78 bits per heavy atom. The molecular weight excluding hydrogens is 341 g/mol. The standard InChI is InChI=1S/C22H18FN3O/c23-18-7-1-15(2-8-18)9-12-26-22(27)17-5-3-16(4-6-17)19-10-13-24-21-20(19)11-14-25-21/h1-8,10-11,13-14H,9,12H2,(H,24,25)(H,26,27). The lowest BCUT2D eigenvalue weighted by Crippen LogP contribution is -2.25. The largest absolute Gasteiger partial charge is 0.352 e. The van der Waals surface area contributed by atoms with Gasteiger partial charge in [-0.05, 0) is 59.5 Å². The molecule has 2 heterocycles. The summed E-state index contributed by atoms with van der Waals surface area (Å²) in [7, 11) is 0. The summed E-state index contributed by atoms with van der Waals surface area (Å²) in [6, 6.07) is 17.8. The number of carbonyl (C=O) groups excluding carboxylic acids is 1. The smallest absolute Gasteiger partial charge is 0.251 e. The van der Waals surface area contributed by atoms with Gasteiger partial charge in [0.25, 0.3) is 5.91 Å². The minimum atomic E-state index is -0.256. The molecule has 0 spiro atoms. The number of nitrogens with zero attached hydrogens (tertiary/aromatic N) is 1. The second-order valence-corrected chi connectivity index (χ2v) is 6.31. The third-order valence-corrected chi connectivity index (χ3v) is 4.53. The maximum absolute atomic E-state index is 12.9. The van der Waals surface area contributed by atoms with Crippen LogP contribution in [0, 0.1) is 5.82 Å². The molecule has 4 aromatic rings. The van der Waals surface area contributed by atoms with Gasteiger partial charge in [0.05, 0.1) is 0 Å². The fourth-order valence-corrected chi connectivity index (χ4v) is 3.09. The molecular formula is C22H18FN3O. The maximum Gasteiger partial charge on any atom is 0.251 e. The predicted octanol–water partition coefficient (Wildman–Crippen LogP) is 4.34. The number of pyridine rings is 1. The molecule has 0 aliphatic heterocycles. The summed E-state index contributed by atoms with van der Waals surface area (Å²) in [5.74, 6) is -0.376. The van der Waals surface area contributed by atoms with Crippen LogP contribution < -0.4 is 5.32 Å². The molecule has 134 valence electrons. The molecule has 2 N–H and O–H groups in total. The Balaban J connectivity index is 1.42. The van der Waals surface area contributed by atoms with Crippen molar-refractivity contribution in [2.75, 3.05) is 6.54 Å². The number of hydrogen-bond acceptors (Lipinski definition) is 2. The second kappa shape index (κ2) is 7.41. The topological polar surface area (TPSA) is 57.8 Å². The summed E-state index contributed by atoms with van der Waals surface area (Å²) in [5, 5.41) is 3.95. The van der Waals surface area contributed by atoms with Gasteiger partial charge in [0.1, 0.15) is 11.5 Å². The molecule has 2 aromatic carbocycles. The molecule has 1 amide bonds. The number of carbonyl (C=O) groups is 1. The number of halogens is 1. The summed E-state index contributed by atoms with van der Waals surface area (Å²) in [6.45, 7) is 0.501. The van der Waals surface area contributed by atoms with Crippen LogP contribution in [0.4, 0.5) is 4.39 Å². The van der Waals surface area contributed by atoms with Crippen LogP contribution in [0.2, 0.25) is 0 Å². The predicted molar refractivity (Wildman–Crippen MR) is 104 cm³/mol. The number of H-pyrrole nitrogens is 1. The monoisotopic (exact) mass is 359 g/mol. The van der Waals surface area contributed by atoms with Crippen LogP contribution in [-0.4, -0.2) is 22.4 Å². The fourth-order valence-electron chi connectivity index (χ4n) is 3.09. The minimum Gasteiger partial charge on any atom is -0.352 e. The molecule has 0 aliphatic rings. The summed E-state index contributed by atoms with van der Waals surface area (Å²) >= 11 is 0. The zero-order chi connectivity index (χ0) is 18.6. The van der Waals surface area contributed by atoms with Crippen molar-refractivity contribution in [3.05, 3.63) is 90.0 Å². The molecule has 0 saturated carbocycles. The Kier molecular flexibility index (Phi) is 4.66. The van der Waals surface area contributed by atoms with Gasteiger partial charge in [-0.3, -0.25) is 4.79 Å². The van der Waals surface area contributed by atoms with Crippen LogP contribution in [0.15, 0.2) is 73.1 Å². The summed E-state index contributed by atoms with van der Waals surface area (Å²) in [5.41, 5.74) is 4.54. The van der Waals surface area contributed by atoms with E-state index in [9.17, 15) is 9.18 Å². The molecule has 0 saturated heterocycles. The van der Waals surface area contributed by atoms with E-state index in [0.717, 1.165) is 27.7 Å². The number of amides is 1. The van der Waals surface area contributed by atoms with Crippen molar-refractivity contribution in [2.45, 2.75) is 6.42 Å². The van der Waals surface area contributed by atoms with Gasteiger partial charge in [0, 0.05) is 29.9 Å². The highest BCUT2D eigenvalue weighted by atomic mass is 19.1. The average molecular weight is 359 g/mol. The molecule has 2 aromatic heterocycles. The number of rotatable bonds is 5. The Morgan fingerprint density at radius 3 is 2.56 bits per heavy atom. The van der Waals surface area contributed by atoms with Crippen molar-refractivity contribution in [3.63, 3.8) is 0 Å². The first-order valence-electron chi connectivity index (χ1n) is 8.76. The van der Waals surface area contributed by atoms with E-state index in [4.69, 9.17) is 0 Å². The van der Waals surface area contributed by atoms with Crippen LogP contribution in [0.3, 0.4) is 0 Å². The van der Waals surface area contributed by atoms with E-state index in [0.29, 0.717) is 18.5 Å². The van der Waals surface area contributed by atoms with Crippen molar-refractivity contribution < 1.29 is 9.18 Å². The summed E-state index contributed by atoms with van der Waals surface area (Å²) in [6.07, 6.45) is 4.29. The lowest BCUT2D eigenvalue weighted by Gasteiger charge is -2.07. The van der Waals surface area contributed by atoms with Crippen molar-refractivity contribution in [3.8, 4) is 11.1 Å². The van der Waals surface area contributed by atoms with Gasteiger partial charge in [-0.25, -0.2) is 9.37 Å². The van der Waals surface area contributed by atoms with E-state index in [1.165, 1.54) is 12.1 Å². The van der Waals surface area contributed by atoms with Crippen molar-refractivity contribution in [1.29, 1.82) is 0 Å². The van der Waals surface area contributed by atoms with Gasteiger partial charge in [0.2, 0.25) is 0 Å². The van der Waals surface area contributed by atoms with Crippen molar-refractivity contribution in [1.82, 2.24) is 15.3 Å². The minimum absolute atomic E-state index is 0.120. The molecule has 0 aliphatic carbocycles. The number of nitrogens with one attached hydrogen (secondary N) is 2. The normalized spacial score (nSPS) is 10.9. The third-order valence-electron chi connectivity index (χ3n) is 4.53. The molecule has 5 heteroatoms. The quantitative estimate of drug-likeness (QED) is 0.557. The highest BCUT2D eigenvalue weighted by Gasteiger charge is 2.08. The highest BCUT2D eigenvalue weighted by molar-refractivity contribution is 5.96. The average Bonchev–Trinajstić information content (AvgIpc) is 3.18. The Labute approximate surface area is 156 Å². The second-order valence-electron chi connectivity index (χ2n) is 6.31. The van der Waals surface area contributed by atoms with Crippen LogP contribution in [-0.2, 0) is 6.42 Å². The lowest BCUT2D eigenvalue weighted by molar-refractivity contribution is 0.0954. The zero-order valence-corrected chi connectivity index (χ0v) is 14.6. The lowest BCUT2D eigenvalue weighted by atomic mass is 10.0. The van der Waals surface area contributed by atoms with Crippen LogP contribution in [0.25, 0.3) is 22.2 Å². The van der Waals surface area contributed by atoms with Gasteiger partial charge in [-0.1, -0.05) is 24.3 Å². The summed E-state index contributed by atoms with van der Waals surface area (Å²) < 4.78 is 12.9. The van der Waals surface area contributed by atoms with E-state index in [2.05, 4.69) is 15.3 Å². The molecule has 4 nitrogen and oxygen atoms in total. The van der Waals surface area contributed by atoms with E-state index in [-0.39, 0.29) is 11.7 Å². The molecule has 0 bridgehead atoms. The third kappa shape index (κ3) is 3.72. The van der Waals surface area contributed by atoms with Crippen molar-refractivity contribution in [2.24, 2.45) is 0 Å². The van der Waals surface area contributed by atoms with Gasteiger partial charge in [0.15, 0.2) is 0 Å². The Morgan fingerprint density at radius 1 is 1.00 bits per heavy atom. The van der Waals surface area contributed by atoms with E-state index in [1.807, 2.05) is 42.6 Å². The number of aromatic nitrogens is 2. The Hall–Kier alpha value is -3.47. The van der Waals surface area contributed by atoms with Gasteiger partial charge in [-0.2, -0.15) is 0 Å². The molecule has 0 atom stereocenters. The number of fused-ring (bicyclic) bond motifs is 1. The van der Waals surface area contributed by atoms with Gasteiger partial charge in [-0.15, -0.1) is 0 Å². The highest BCUT2D eigenvalue weighted by Crippen LogP contribution is 2.27. The molecule has 4 rings (SSSR count). The van der Waals surface area contributed by atoms with Gasteiger partial charge < -0.3 is 10.3 Å². The van der Waals surface area contributed by atoms with Crippen LogP contribution in [0.1, 0.15) is 15.9 Å². The molecule has 0 radical (unpaired) electrons. The maximum atomic E-state index is 12.9. The van der Waals surface area contributed by atoms with Crippen LogP contribution >= 0.6 is 0 Å². The first-order chi connectivity index (χ1) is 13.2. The fraction of sp³-hybridized carbons (Fsp3) is 0.0909. The zero-order valence-electron chi connectivity index (χ0n) is 14.6. The number of aromatic amines is 1. The number of benzene rings is 2. The molecule has 0 fully saturated rings. The molecule has 27 heavy (non-hydrogen) atoms.